The molecule has 0 radical (unpaired) electrons. The molecular formula is C13H23NO2. The number of carboxylic acid groups (broad SMARTS) is 1. The second kappa shape index (κ2) is 3.46. The lowest BCUT2D eigenvalue weighted by Crippen LogP contribution is -2.65. The zero-order valence-corrected chi connectivity index (χ0v) is 10.8. The van der Waals surface area contributed by atoms with Crippen LogP contribution in [0.2, 0.25) is 0 Å². The molecule has 1 heterocycles. The first kappa shape index (κ1) is 11.9. The summed E-state index contributed by atoms with van der Waals surface area (Å²) in [4.78, 5) is 13.6. The molecule has 1 aliphatic carbocycles. The number of aliphatic carboxylic acids is 1. The van der Waals surface area contributed by atoms with E-state index < -0.39 is 11.5 Å². The van der Waals surface area contributed by atoms with E-state index in [-0.39, 0.29) is 0 Å². The summed E-state index contributed by atoms with van der Waals surface area (Å²) in [6, 6.07) is 0. The Balaban J connectivity index is 2.02. The normalized spacial score (nSPS) is 27.2. The second-order valence-electron chi connectivity index (χ2n) is 6.69. The molecule has 0 amide bonds. The largest absolute Gasteiger partial charge is 0.480 e. The van der Waals surface area contributed by atoms with Crippen LogP contribution in [-0.2, 0) is 4.79 Å². The summed E-state index contributed by atoms with van der Waals surface area (Å²) >= 11 is 0. The molecule has 0 aromatic rings. The zero-order chi connectivity index (χ0) is 12.1. The maximum absolute atomic E-state index is 11.5. The molecule has 1 unspecified atom stereocenters. The molecule has 0 aromatic heterocycles. The van der Waals surface area contributed by atoms with Crippen LogP contribution in [-0.4, -0.2) is 34.6 Å². The number of hydrogen-bond acceptors (Lipinski definition) is 2. The first-order chi connectivity index (χ1) is 7.26. The number of likely N-dealkylation sites (tertiary alicyclic amines) is 1. The van der Waals surface area contributed by atoms with E-state index in [1.165, 1.54) is 0 Å². The van der Waals surface area contributed by atoms with E-state index in [1.54, 1.807) is 0 Å². The first-order valence-electron chi connectivity index (χ1n) is 6.24. The standard InChI is InChI=1S/C13H23NO2/c1-12(2,3)10-7-14(8-10)13(4,11(15)16)9-5-6-9/h9-10H,5-8H2,1-4H3,(H,15,16). The van der Waals surface area contributed by atoms with Gasteiger partial charge in [-0.3, -0.25) is 9.69 Å². The van der Waals surface area contributed by atoms with E-state index in [1.807, 2.05) is 6.92 Å². The summed E-state index contributed by atoms with van der Waals surface area (Å²) in [5.74, 6) is 0.387. The molecular weight excluding hydrogens is 202 g/mol. The minimum absolute atomic E-state index is 0.305. The van der Waals surface area contributed by atoms with Crippen LogP contribution in [0.1, 0.15) is 40.5 Å². The minimum atomic E-state index is -0.637. The van der Waals surface area contributed by atoms with E-state index in [0.29, 0.717) is 17.3 Å². The van der Waals surface area contributed by atoms with E-state index in [4.69, 9.17) is 0 Å². The molecule has 3 nitrogen and oxygen atoms in total. The van der Waals surface area contributed by atoms with Crippen molar-refractivity contribution < 1.29 is 9.90 Å². The molecule has 0 aromatic carbocycles. The van der Waals surface area contributed by atoms with Crippen molar-refractivity contribution in [3.05, 3.63) is 0 Å². The summed E-state index contributed by atoms with van der Waals surface area (Å²) in [6.45, 7) is 10.5. The Bertz CT molecular complexity index is 298. The van der Waals surface area contributed by atoms with Crippen LogP contribution in [0.25, 0.3) is 0 Å². The molecule has 16 heavy (non-hydrogen) atoms. The van der Waals surface area contributed by atoms with Crippen molar-refractivity contribution in [2.45, 2.75) is 46.1 Å². The number of carboxylic acids is 1. The summed E-state index contributed by atoms with van der Waals surface area (Å²) in [7, 11) is 0. The Morgan fingerprint density at radius 1 is 1.12 bits per heavy atom. The molecule has 1 aliphatic heterocycles. The van der Waals surface area contributed by atoms with Crippen molar-refractivity contribution in [3.63, 3.8) is 0 Å². The lowest BCUT2D eigenvalue weighted by molar-refractivity contribution is -0.161. The summed E-state index contributed by atoms with van der Waals surface area (Å²) in [5, 5.41) is 9.43. The molecule has 3 heteroatoms. The van der Waals surface area contributed by atoms with Gasteiger partial charge >= 0.3 is 5.97 Å². The van der Waals surface area contributed by atoms with Crippen LogP contribution in [0.4, 0.5) is 0 Å². The van der Waals surface area contributed by atoms with Crippen molar-refractivity contribution in [1.82, 2.24) is 4.90 Å². The fourth-order valence-corrected chi connectivity index (χ4v) is 2.62. The van der Waals surface area contributed by atoms with E-state index in [0.717, 1.165) is 25.9 Å². The van der Waals surface area contributed by atoms with Crippen LogP contribution < -0.4 is 0 Å². The van der Waals surface area contributed by atoms with Crippen LogP contribution in [0, 0.1) is 17.3 Å². The van der Waals surface area contributed by atoms with Gasteiger partial charge in [-0.05, 0) is 37.0 Å². The highest BCUT2D eigenvalue weighted by molar-refractivity contribution is 5.79. The van der Waals surface area contributed by atoms with E-state index in [2.05, 4.69) is 25.7 Å². The number of rotatable bonds is 3. The monoisotopic (exact) mass is 225 g/mol. The third-order valence-electron chi connectivity index (χ3n) is 4.57. The van der Waals surface area contributed by atoms with E-state index in [9.17, 15) is 9.90 Å². The average molecular weight is 225 g/mol. The summed E-state index contributed by atoms with van der Waals surface area (Å²) in [6.07, 6.45) is 2.17. The van der Waals surface area contributed by atoms with Crippen molar-refractivity contribution in [3.8, 4) is 0 Å². The number of carbonyl (C=O) groups is 1. The Hall–Kier alpha value is -0.570. The third-order valence-corrected chi connectivity index (χ3v) is 4.57. The van der Waals surface area contributed by atoms with Gasteiger partial charge in [0.05, 0.1) is 0 Å². The smallest absolute Gasteiger partial charge is 0.324 e. The molecule has 2 aliphatic rings. The maximum atomic E-state index is 11.5. The predicted molar refractivity (Wildman–Crippen MR) is 63.3 cm³/mol. The van der Waals surface area contributed by atoms with Gasteiger partial charge in [0.2, 0.25) is 0 Å². The first-order valence-corrected chi connectivity index (χ1v) is 6.24. The van der Waals surface area contributed by atoms with Gasteiger partial charge in [-0.2, -0.15) is 0 Å². The highest BCUT2D eigenvalue weighted by atomic mass is 16.4. The van der Waals surface area contributed by atoms with Gasteiger partial charge in [0.15, 0.2) is 0 Å². The second-order valence-corrected chi connectivity index (χ2v) is 6.69. The Morgan fingerprint density at radius 3 is 1.94 bits per heavy atom. The predicted octanol–water partition coefficient (Wildman–Crippen LogP) is 2.22. The fraction of sp³-hybridized carbons (Fsp3) is 0.923. The molecule has 0 spiro atoms. The molecule has 1 atom stereocenters. The number of hydrogen-bond donors (Lipinski definition) is 1. The van der Waals surface area contributed by atoms with Gasteiger partial charge in [-0.1, -0.05) is 20.8 Å². The molecule has 1 saturated carbocycles. The zero-order valence-electron chi connectivity index (χ0n) is 10.8. The van der Waals surface area contributed by atoms with Crippen LogP contribution >= 0.6 is 0 Å². The van der Waals surface area contributed by atoms with E-state index >= 15 is 0 Å². The summed E-state index contributed by atoms with van der Waals surface area (Å²) in [5.41, 5.74) is -0.290. The summed E-state index contributed by atoms with van der Waals surface area (Å²) < 4.78 is 0. The Labute approximate surface area is 97.8 Å². The highest BCUT2D eigenvalue weighted by Crippen LogP contribution is 2.47. The van der Waals surface area contributed by atoms with Crippen molar-refractivity contribution in [2.75, 3.05) is 13.1 Å². The van der Waals surface area contributed by atoms with Gasteiger partial charge in [-0.15, -0.1) is 0 Å². The van der Waals surface area contributed by atoms with Gasteiger partial charge in [0, 0.05) is 13.1 Å². The average Bonchev–Trinajstić information content (AvgIpc) is 2.78. The molecule has 2 fully saturated rings. The fourth-order valence-electron chi connectivity index (χ4n) is 2.62. The van der Waals surface area contributed by atoms with Gasteiger partial charge in [0.1, 0.15) is 5.54 Å². The molecule has 92 valence electrons. The Kier molecular flexibility index (Phi) is 2.57. The lowest BCUT2D eigenvalue weighted by atomic mass is 9.73. The third kappa shape index (κ3) is 1.75. The molecule has 2 rings (SSSR count). The molecule has 1 N–H and O–H groups in total. The van der Waals surface area contributed by atoms with Crippen molar-refractivity contribution in [1.29, 1.82) is 0 Å². The lowest BCUT2D eigenvalue weighted by Gasteiger charge is -2.53. The van der Waals surface area contributed by atoms with Crippen molar-refractivity contribution in [2.24, 2.45) is 17.3 Å². The molecule has 1 saturated heterocycles. The SMILES string of the molecule is CC(C)(C)C1CN(C(C)(C(=O)O)C2CC2)C1. The van der Waals surface area contributed by atoms with Gasteiger partial charge in [-0.25, -0.2) is 0 Å². The minimum Gasteiger partial charge on any atom is -0.480 e. The maximum Gasteiger partial charge on any atom is 0.324 e. The van der Waals surface area contributed by atoms with Crippen molar-refractivity contribution >= 4 is 5.97 Å². The van der Waals surface area contributed by atoms with Gasteiger partial charge in [0.25, 0.3) is 0 Å². The quantitative estimate of drug-likeness (QED) is 0.800. The topological polar surface area (TPSA) is 40.5 Å². The van der Waals surface area contributed by atoms with Crippen LogP contribution in [0.5, 0.6) is 0 Å². The van der Waals surface area contributed by atoms with Crippen LogP contribution in [0.15, 0.2) is 0 Å². The number of nitrogens with zero attached hydrogens (tertiary/aromatic N) is 1. The Morgan fingerprint density at radius 2 is 1.62 bits per heavy atom. The van der Waals surface area contributed by atoms with Gasteiger partial charge < -0.3 is 5.11 Å². The van der Waals surface area contributed by atoms with Crippen LogP contribution in [0.3, 0.4) is 0 Å². The molecule has 0 bridgehead atoms. The highest BCUT2D eigenvalue weighted by Gasteiger charge is 2.55.